The SMILES string of the molecule is CCNC(=O)Nc1ccc2ncc(Nc3ccc(O)c(C(=O)OC)c3)nc2n1. The number of phenols is 1. The molecule has 1 aromatic carbocycles. The van der Waals surface area contributed by atoms with Crippen molar-refractivity contribution in [1.82, 2.24) is 20.3 Å². The Balaban J connectivity index is 1.85. The zero-order valence-corrected chi connectivity index (χ0v) is 15.2. The Morgan fingerprint density at radius 3 is 2.68 bits per heavy atom. The van der Waals surface area contributed by atoms with Crippen LogP contribution in [0, 0.1) is 0 Å². The van der Waals surface area contributed by atoms with E-state index in [2.05, 4.69) is 35.6 Å². The number of ether oxygens (including phenoxy) is 1. The van der Waals surface area contributed by atoms with Gasteiger partial charge in [-0.15, -0.1) is 0 Å². The molecule has 3 aromatic rings. The first-order valence-corrected chi connectivity index (χ1v) is 8.37. The highest BCUT2D eigenvalue weighted by Crippen LogP contribution is 2.24. The maximum Gasteiger partial charge on any atom is 0.341 e. The lowest BCUT2D eigenvalue weighted by Crippen LogP contribution is -2.28. The van der Waals surface area contributed by atoms with Crippen LogP contribution in [0.3, 0.4) is 0 Å². The summed E-state index contributed by atoms with van der Waals surface area (Å²) in [5, 5.41) is 18.0. The van der Waals surface area contributed by atoms with E-state index in [-0.39, 0.29) is 17.3 Å². The van der Waals surface area contributed by atoms with E-state index in [1.165, 1.54) is 25.4 Å². The summed E-state index contributed by atoms with van der Waals surface area (Å²) in [7, 11) is 1.23. The van der Waals surface area contributed by atoms with Gasteiger partial charge in [-0.1, -0.05) is 0 Å². The predicted molar refractivity (Wildman–Crippen MR) is 103 cm³/mol. The third-order valence-corrected chi connectivity index (χ3v) is 3.66. The van der Waals surface area contributed by atoms with Crippen LogP contribution in [0.4, 0.5) is 22.1 Å². The molecule has 0 atom stereocenters. The first-order chi connectivity index (χ1) is 13.5. The van der Waals surface area contributed by atoms with Gasteiger partial charge < -0.3 is 20.5 Å². The molecule has 10 nitrogen and oxygen atoms in total. The molecule has 4 N–H and O–H groups in total. The number of aromatic nitrogens is 3. The van der Waals surface area contributed by atoms with Crippen LogP contribution in [0.1, 0.15) is 17.3 Å². The Hall–Kier alpha value is -3.95. The van der Waals surface area contributed by atoms with Gasteiger partial charge >= 0.3 is 12.0 Å². The zero-order valence-electron chi connectivity index (χ0n) is 15.2. The van der Waals surface area contributed by atoms with Gasteiger partial charge in [0.2, 0.25) is 0 Å². The monoisotopic (exact) mass is 382 g/mol. The predicted octanol–water partition coefficient (Wildman–Crippen LogP) is 2.40. The average Bonchev–Trinajstić information content (AvgIpc) is 2.68. The minimum atomic E-state index is -0.659. The van der Waals surface area contributed by atoms with E-state index in [0.717, 1.165) is 0 Å². The van der Waals surface area contributed by atoms with Crippen LogP contribution in [-0.4, -0.2) is 45.7 Å². The highest BCUT2D eigenvalue weighted by Gasteiger charge is 2.13. The summed E-state index contributed by atoms with van der Waals surface area (Å²) in [5.41, 5.74) is 1.40. The molecular weight excluding hydrogens is 364 g/mol. The molecule has 0 unspecified atom stereocenters. The molecule has 10 heteroatoms. The van der Waals surface area contributed by atoms with Gasteiger partial charge in [0.15, 0.2) is 11.5 Å². The lowest BCUT2D eigenvalue weighted by atomic mass is 10.2. The molecular formula is C18H18N6O4. The van der Waals surface area contributed by atoms with E-state index in [1.54, 1.807) is 18.2 Å². The number of urea groups is 1. The molecule has 0 aliphatic heterocycles. The van der Waals surface area contributed by atoms with Crippen molar-refractivity contribution in [3.8, 4) is 5.75 Å². The van der Waals surface area contributed by atoms with Gasteiger partial charge in [0.1, 0.15) is 22.6 Å². The van der Waals surface area contributed by atoms with Gasteiger partial charge in [0.25, 0.3) is 0 Å². The molecule has 144 valence electrons. The van der Waals surface area contributed by atoms with E-state index >= 15 is 0 Å². The Bertz CT molecular complexity index is 1040. The number of anilines is 3. The number of benzene rings is 1. The smallest absolute Gasteiger partial charge is 0.341 e. The normalized spacial score (nSPS) is 10.4. The van der Waals surface area contributed by atoms with Crippen molar-refractivity contribution in [3.63, 3.8) is 0 Å². The number of pyridine rings is 1. The standard InChI is InChI=1S/C18H18N6O4/c1-3-19-18(27)24-14-7-5-12-16(22-14)23-15(9-20-12)21-10-4-6-13(25)11(8-10)17(26)28-2/h4-9,25H,3H2,1-2H3,(H3,19,21,22,23,24,27). The van der Waals surface area contributed by atoms with Gasteiger partial charge in [-0.25, -0.2) is 24.5 Å². The largest absolute Gasteiger partial charge is 0.507 e. The van der Waals surface area contributed by atoms with E-state index in [1.807, 2.05) is 6.92 Å². The van der Waals surface area contributed by atoms with Gasteiger partial charge in [-0.2, -0.15) is 0 Å². The third kappa shape index (κ3) is 4.23. The Morgan fingerprint density at radius 2 is 1.93 bits per heavy atom. The number of nitrogens with zero attached hydrogens (tertiary/aromatic N) is 3. The molecule has 2 amide bonds. The molecule has 0 saturated heterocycles. The number of carbonyl (C=O) groups is 2. The van der Waals surface area contributed by atoms with Crippen molar-refractivity contribution >= 4 is 40.5 Å². The number of esters is 1. The minimum absolute atomic E-state index is 0.0211. The lowest BCUT2D eigenvalue weighted by molar-refractivity contribution is 0.0597. The van der Waals surface area contributed by atoms with Crippen molar-refractivity contribution in [3.05, 3.63) is 42.1 Å². The summed E-state index contributed by atoms with van der Waals surface area (Å²) < 4.78 is 4.64. The van der Waals surface area contributed by atoms with Crippen LogP contribution in [0.2, 0.25) is 0 Å². The maximum atomic E-state index is 11.7. The molecule has 0 aliphatic rings. The molecule has 0 spiro atoms. The summed E-state index contributed by atoms with van der Waals surface area (Å²) in [6.07, 6.45) is 1.51. The molecule has 3 rings (SSSR count). The Labute approximate surface area is 160 Å². The zero-order chi connectivity index (χ0) is 20.1. The number of hydrogen-bond donors (Lipinski definition) is 4. The fourth-order valence-corrected chi connectivity index (χ4v) is 2.38. The summed E-state index contributed by atoms with van der Waals surface area (Å²) in [5.74, 6) is -0.141. The summed E-state index contributed by atoms with van der Waals surface area (Å²) in [6, 6.07) is 7.34. The second-order valence-corrected chi connectivity index (χ2v) is 5.63. The van der Waals surface area contributed by atoms with Crippen LogP contribution in [0.5, 0.6) is 5.75 Å². The first kappa shape index (κ1) is 18.8. The van der Waals surface area contributed by atoms with Crippen LogP contribution < -0.4 is 16.0 Å². The van der Waals surface area contributed by atoms with Gasteiger partial charge in [-0.3, -0.25) is 5.32 Å². The topological polar surface area (TPSA) is 138 Å². The molecule has 28 heavy (non-hydrogen) atoms. The van der Waals surface area contributed by atoms with E-state index in [0.29, 0.717) is 35.0 Å². The Morgan fingerprint density at radius 1 is 1.14 bits per heavy atom. The molecule has 0 saturated carbocycles. The molecule has 0 bridgehead atoms. The third-order valence-electron chi connectivity index (χ3n) is 3.66. The second kappa shape index (κ2) is 8.16. The first-order valence-electron chi connectivity index (χ1n) is 8.37. The maximum absolute atomic E-state index is 11.7. The quantitative estimate of drug-likeness (QED) is 0.390. The van der Waals surface area contributed by atoms with Gasteiger partial charge in [-0.05, 0) is 37.3 Å². The summed E-state index contributed by atoms with van der Waals surface area (Å²) in [6.45, 7) is 2.30. The number of fused-ring (bicyclic) bond motifs is 1. The minimum Gasteiger partial charge on any atom is -0.507 e. The number of nitrogens with one attached hydrogen (secondary N) is 3. The molecule has 0 aliphatic carbocycles. The van der Waals surface area contributed by atoms with Crippen molar-refractivity contribution in [2.24, 2.45) is 0 Å². The van der Waals surface area contributed by atoms with Crippen molar-refractivity contribution in [2.45, 2.75) is 6.92 Å². The lowest BCUT2D eigenvalue weighted by Gasteiger charge is -2.09. The number of aromatic hydroxyl groups is 1. The van der Waals surface area contributed by atoms with Crippen LogP contribution in [-0.2, 0) is 4.74 Å². The number of phenolic OH excluding ortho intramolecular Hbond substituents is 1. The molecule has 2 aromatic heterocycles. The van der Waals surface area contributed by atoms with Crippen LogP contribution >= 0.6 is 0 Å². The average molecular weight is 382 g/mol. The summed E-state index contributed by atoms with van der Waals surface area (Å²) >= 11 is 0. The number of methoxy groups -OCH3 is 1. The van der Waals surface area contributed by atoms with E-state index < -0.39 is 5.97 Å². The number of rotatable bonds is 5. The highest BCUT2D eigenvalue weighted by molar-refractivity contribution is 5.93. The molecule has 0 radical (unpaired) electrons. The van der Waals surface area contributed by atoms with Crippen molar-refractivity contribution in [1.29, 1.82) is 0 Å². The summed E-state index contributed by atoms with van der Waals surface area (Å²) in [4.78, 5) is 36.2. The Kier molecular flexibility index (Phi) is 5.49. The van der Waals surface area contributed by atoms with E-state index in [4.69, 9.17) is 0 Å². The molecule has 0 fully saturated rings. The van der Waals surface area contributed by atoms with Gasteiger partial charge in [0.05, 0.1) is 13.3 Å². The van der Waals surface area contributed by atoms with Crippen LogP contribution in [0.25, 0.3) is 11.2 Å². The van der Waals surface area contributed by atoms with Crippen molar-refractivity contribution < 1.29 is 19.4 Å². The number of hydrogen-bond acceptors (Lipinski definition) is 8. The number of amides is 2. The number of carbonyl (C=O) groups excluding carboxylic acids is 2. The fraction of sp³-hybridized carbons (Fsp3) is 0.167. The highest BCUT2D eigenvalue weighted by atomic mass is 16.5. The fourth-order valence-electron chi connectivity index (χ4n) is 2.38. The molecule has 2 heterocycles. The second-order valence-electron chi connectivity index (χ2n) is 5.63. The van der Waals surface area contributed by atoms with Gasteiger partial charge in [0, 0.05) is 12.2 Å². The van der Waals surface area contributed by atoms with Crippen molar-refractivity contribution in [2.75, 3.05) is 24.3 Å². The van der Waals surface area contributed by atoms with Crippen LogP contribution in [0.15, 0.2) is 36.5 Å². The van der Waals surface area contributed by atoms with E-state index in [9.17, 15) is 14.7 Å².